The quantitative estimate of drug-likeness (QED) is 0.913. The van der Waals surface area contributed by atoms with Gasteiger partial charge in [0.2, 0.25) is 0 Å². The van der Waals surface area contributed by atoms with Crippen LogP contribution in [0.1, 0.15) is 41.2 Å². The van der Waals surface area contributed by atoms with Crippen molar-refractivity contribution in [3.05, 3.63) is 16.1 Å². The zero-order chi connectivity index (χ0) is 13.9. The predicted octanol–water partition coefficient (Wildman–Crippen LogP) is 1.30. The van der Waals surface area contributed by atoms with E-state index in [1.54, 1.807) is 0 Å². The Morgan fingerprint density at radius 2 is 2.00 bits per heavy atom. The van der Waals surface area contributed by atoms with E-state index in [0.29, 0.717) is 18.3 Å². The van der Waals surface area contributed by atoms with Crippen LogP contribution in [0, 0.1) is 0 Å². The summed E-state index contributed by atoms with van der Waals surface area (Å²) in [7, 11) is 0. The monoisotopic (exact) mass is 294 g/mol. The second kappa shape index (κ2) is 6.20. The molecule has 0 spiro atoms. The van der Waals surface area contributed by atoms with Crippen LogP contribution >= 0.6 is 11.3 Å². The van der Waals surface area contributed by atoms with E-state index in [1.807, 2.05) is 10.3 Å². The van der Waals surface area contributed by atoms with Crippen molar-refractivity contribution in [1.29, 1.82) is 0 Å². The molecule has 2 aliphatic heterocycles. The molecular weight excluding hydrogens is 272 g/mol. The van der Waals surface area contributed by atoms with Crippen molar-refractivity contribution in [3.63, 3.8) is 0 Å². The van der Waals surface area contributed by atoms with Gasteiger partial charge in [-0.25, -0.2) is 4.98 Å². The van der Waals surface area contributed by atoms with E-state index in [1.165, 1.54) is 37.3 Å². The van der Waals surface area contributed by atoms with Gasteiger partial charge in [-0.05, 0) is 38.8 Å². The van der Waals surface area contributed by atoms with Crippen molar-refractivity contribution >= 4 is 17.2 Å². The highest BCUT2D eigenvalue weighted by atomic mass is 32.1. The second-order valence-corrected chi connectivity index (χ2v) is 6.54. The molecule has 110 valence electrons. The molecule has 3 heterocycles. The highest BCUT2D eigenvalue weighted by molar-refractivity contribution is 7.09. The molecule has 1 amide bonds. The zero-order valence-corrected chi connectivity index (χ0v) is 12.6. The van der Waals surface area contributed by atoms with Gasteiger partial charge in [0, 0.05) is 31.1 Å². The summed E-state index contributed by atoms with van der Waals surface area (Å²) in [6.45, 7) is 4.61. The van der Waals surface area contributed by atoms with Crippen LogP contribution in [0.5, 0.6) is 0 Å². The first-order chi connectivity index (χ1) is 9.78. The lowest BCUT2D eigenvalue weighted by molar-refractivity contribution is 0.0639. The molecule has 2 aliphatic rings. The van der Waals surface area contributed by atoms with Gasteiger partial charge in [0.1, 0.15) is 10.7 Å². The molecule has 0 unspecified atom stereocenters. The molecule has 1 aromatic heterocycles. The van der Waals surface area contributed by atoms with Crippen molar-refractivity contribution in [2.24, 2.45) is 5.73 Å². The number of carbonyl (C=O) groups excluding carboxylic acids is 1. The van der Waals surface area contributed by atoms with Crippen LogP contribution in [-0.4, -0.2) is 52.9 Å². The number of aromatic nitrogens is 1. The Kier molecular flexibility index (Phi) is 4.33. The molecule has 2 N–H and O–H groups in total. The maximum atomic E-state index is 12.4. The number of piperidine rings is 1. The number of nitrogens with zero attached hydrogens (tertiary/aromatic N) is 3. The fourth-order valence-electron chi connectivity index (χ4n) is 3.21. The predicted molar refractivity (Wildman–Crippen MR) is 79.7 cm³/mol. The standard InChI is InChI=1S/C14H22N4OS/c15-9-13-16-12(10-20-13)14(19)18-7-3-11(4-8-18)17-5-1-2-6-17/h10-11H,1-9,15H2. The number of likely N-dealkylation sites (tertiary alicyclic amines) is 2. The van der Waals surface area contributed by atoms with E-state index in [-0.39, 0.29) is 5.91 Å². The maximum Gasteiger partial charge on any atom is 0.273 e. The molecule has 2 fully saturated rings. The first-order valence-corrected chi connectivity index (χ1v) is 8.33. The average molecular weight is 294 g/mol. The average Bonchev–Trinajstić information content (AvgIpc) is 3.18. The van der Waals surface area contributed by atoms with Crippen LogP contribution in [0.4, 0.5) is 0 Å². The third-order valence-corrected chi connectivity index (χ3v) is 5.23. The van der Waals surface area contributed by atoms with Gasteiger partial charge in [-0.2, -0.15) is 0 Å². The van der Waals surface area contributed by atoms with E-state index in [4.69, 9.17) is 5.73 Å². The SMILES string of the molecule is NCc1nc(C(=O)N2CCC(N3CCCC3)CC2)cs1. The smallest absolute Gasteiger partial charge is 0.273 e. The third kappa shape index (κ3) is 2.87. The third-order valence-electron chi connectivity index (χ3n) is 4.35. The highest BCUT2D eigenvalue weighted by Gasteiger charge is 2.29. The Bertz CT molecular complexity index is 461. The second-order valence-electron chi connectivity index (χ2n) is 5.60. The Labute approximate surface area is 123 Å². The van der Waals surface area contributed by atoms with Crippen molar-refractivity contribution in [2.45, 2.75) is 38.3 Å². The van der Waals surface area contributed by atoms with Crippen LogP contribution < -0.4 is 5.73 Å². The van der Waals surface area contributed by atoms with Gasteiger partial charge in [0.05, 0.1) is 0 Å². The molecule has 0 saturated carbocycles. The summed E-state index contributed by atoms with van der Waals surface area (Å²) >= 11 is 1.47. The number of rotatable bonds is 3. The van der Waals surface area contributed by atoms with Crippen LogP contribution in [0.3, 0.4) is 0 Å². The molecule has 0 aromatic carbocycles. The molecule has 2 saturated heterocycles. The lowest BCUT2D eigenvalue weighted by Crippen LogP contribution is -2.46. The largest absolute Gasteiger partial charge is 0.337 e. The van der Waals surface area contributed by atoms with E-state index < -0.39 is 0 Å². The molecule has 20 heavy (non-hydrogen) atoms. The van der Waals surface area contributed by atoms with Crippen LogP contribution in [0.25, 0.3) is 0 Å². The molecule has 0 aliphatic carbocycles. The molecule has 0 bridgehead atoms. The number of amides is 1. The number of carbonyl (C=O) groups is 1. The van der Waals surface area contributed by atoms with Gasteiger partial charge in [-0.3, -0.25) is 4.79 Å². The van der Waals surface area contributed by atoms with E-state index in [2.05, 4.69) is 9.88 Å². The maximum absolute atomic E-state index is 12.4. The Morgan fingerprint density at radius 3 is 2.60 bits per heavy atom. The van der Waals surface area contributed by atoms with E-state index >= 15 is 0 Å². The summed E-state index contributed by atoms with van der Waals surface area (Å²) < 4.78 is 0. The molecule has 0 atom stereocenters. The first kappa shape index (κ1) is 14.0. The van der Waals surface area contributed by atoms with Gasteiger partial charge < -0.3 is 15.5 Å². The summed E-state index contributed by atoms with van der Waals surface area (Å²) in [6, 6.07) is 0.677. The summed E-state index contributed by atoms with van der Waals surface area (Å²) in [5.41, 5.74) is 6.11. The lowest BCUT2D eigenvalue weighted by atomic mass is 10.0. The van der Waals surface area contributed by atoms with Crippen molar-refractivity contribution < 1.29 is 4.79 Å². The Morgan fingerprint density at radius 1 is 1.30 bits per heavy atom. The lowest BCUT2D eigenvalue weighted by Gasteiger charge is -2.36. The van der Waals surface area contributed by atoms with E-state index in [9.17, 15) is 4.79 Å². The fourth-order valence-corrected chi connectivity index (χ4v) is 3.85. The summed E-state index contributed by atoms with van der Waals surface area (Å²) in [4.78, 5) is 21.2. The van der Waals surface area contributed by atoms with Gasteiger partial charge in [0.15, 0.2) is 0 Å². The Balaban J connectivity index is 1.55. The van der Waals surface area contributed by atoms with Gasteiger partial charge >= 0.3 is 0 Å². The van der Waals surface area contributed by atoms with Gasteiger partial charge in [0.25, 0.3) is 5.91 Å². The minimum absolute atomic E-state index is 0.0702. The number of thiazole rings is 1. The minimum atomic E-state index is 0.0702. The topological polar surface area (TPSA) is 62.5 Å². The van der Waals surface area contributed by atoms with Crippen LogP contribution in [-0.2, 0) is 6.54 Å². The highest BCUT2D eigenvalue weighted by Crippen LogP contribution is 2.22. The number of nitrogens with two attached hydrogens (primary N) is 1. The molecular formula is C14H22N4OS. The van der Waals surface area contributed by atoms with Gasteiger partial charge in [-0.15, -0.1) is 11.3 Å². The first-order valence-electron chi connectivity index (χ1n) is 7.45. The molecule has 3 rings (SSSR count). The van der Waals surface area contributed by atoms with Crippen LogP contribution in [0.15, 0.2) is 5.38 Å². The molecule has 0 radical (unpaired) electrons. The molecule has 1 aromatic rings. The Hall–Kier alpha value is -0.980. The number of hydrogen-bond donors (Lipinski definition) is 1. The van der Waals surface area contributed by atoms with Crippen molar-refractivity contribution in [3.8, 4) is 0 Å². The molecule has 6 heteroatoms. The van der Waals surface area contributed by atoms with Crippen molar-refractivity contribution in [1.82, 2.24) is 14.8 Å². The van der Waals surface area contributed by atoms with Crippen molar-refractivity contribution in [2.75, 3.05) is 26.2 Å². The molecule has 5 nitrogen and oxygen atoms in total. The summed E-state index contributed by atoms with van der Waals surface area (Å²) in [6.07, 6.45) is 4.86. The number of hydrogen-bond acceptors (Lipinski definition) is 5. The van der Waals surface area contributed by atoms with E-state index in [0.717, 1.165) is 30.9 Å². The normalized spacial score (nSPS) is 21.6. The summed E-state index contributed by atoms with van der Waals surface area (Å²) in [5, 5.41) is 2.66. The fraction of sp³-hybridized carbons (Fsp3) is 0.714. The summed E-state index contributed by atoms with van der Waals surface area (Å²) in [5.74, 6) is 0.0702. The van der Waals surface area contributed by atoms with Gasteiger partial charge in [-0.1, -0.05) is 0 Å². The zero-order valence-electron chi connectivity index (χ0n) is 11.8. The van der Waals surface area contributed by atoms with Crippen LogP contribution in [0.2, 0.25) is 0 Å². The minimum Gasteiger partial charge on any atom is -0.337 e.